The predicted octanol–water partition coefficient (Wildman–Crippen LogP) is 2.00. The number of ether oxygens (including phenoxy) is 1. The van der Waals surface area contributed by atoms with Gasteiger partial charge in [0.1, 0.15) is 5.54 Å². The third kappa shape index (κ3) is 3.31. The van der Waals surface area contributed by atoms with Crippen molar-refractivity contribution in [1.29, 1.82) is 0 Å². The Balaban J connectivity index is 2.92. The summed E-state index contributed by atoms with van der Waals surface area (Å²) in [7, 11) is 1.66. The molecule has 4 heteroatoms. The van der Waals surface area contributed by atoms with Crippen LogP contribution >= 0.6 is 0 Å². The largest absolute Gasteiger partial charge is 0.480 e. The van der Waals surface area contributed by atoms with Crippen LogP contribution in [0, 0.1) is 0 Å². The summed E-state index contributed by atoms with van der Waals surface area (Å²) in [6.45, 7) is 4.27. The number of nitrogens with one attached hydrogen (secondary N) is 1. The zero-order valence-corrected chi connectivity index (χ0v) is 11.1. The first-order valence-corrected chi connectivity index (χ1v) is 6.12. The van der Waals surface area contributed by atoms with Gasteiger partial charge in [0.15, 0.2) is 0 Å². The van der Waals surface area contributed by atoms with Gasteiger partial charge in [0.2, 0.25) is 0 Å². The number of aliphatic carboxylic acids is 1. The van der Waals surface area contributed by atoms with Gasteiger partial charge in [-0.2, -0.15) is 0 Å². The van der Waals surface area contributed by atoms with Gasteiger partial charge >= 0.3 is 5.97 Å². The summed E-state index contributed by atoms with van der Waals surface area (Å²) in [5.41, 5.74) is -0.344. The van der Waals surface area contributed by atoms with E-state index in [9.17, 15) is 9.90 Å². The predicted molar refractivity (Wildman–Crippen MR) is 70.5 cm³/mol. The standard InChI is InChI=1S/C14H21NO3/c1-11(2)18-10-9-14(15-3,13(16)17)12-7-5-4-6-8-12/h4-8,11,15H,9-10H2,1-3H3,(H,16,17). The van der Waals surface area contributed by atoms with Gasteiger partial charge in [0, 0.05) is 13.0 Å². The molecular formula is C14H21NO3. The molecule has 0 aliphatic heterocycles. The summed E-state index contributed by atoms with van der Waals surface area (Å²) in [4.78, 5) is 11.6. The Kier molecular flexibility index (Phi) is 5.31. The highest BCUT2D eigenvalue weighted by Gasteiger charge is 2.38. The van der Waals surface area contributed by atoms with Crippen molar-refractivity contribution < 1.29 is 14.6 Å². The van der Waals surface area contributed by atoms with Crippen molar-refractivity contribution in [3.05, 3.63) is 35.9 Å². The molecule has 1 aromatic carbocycles. The lowest BCUT2D eigenvalue weighted by molar-refractivity contribution is -0.146. The van der Waals surface area contributed by atoms with Gasteiger partial charge < -0.3 is 15.2 Å². The molecule has 0 fully saturated rings. The summed E-state index contributed by atoms with van der Waals surface area (Å²) in [5, 5.41) is 12.4. The average molecular weight is 251 g/mol. The monoisotopic (exact) mass is 251 g/mol. The molecule has 100 valence electrons. The average Bonchev–Trinajstić information content (AvgIpc) is 2.35. The quantitative estimate of drug-likeness (QED) is 0.778. The molecule has 0 saturated carbocycles. The zero-order valence-electron chi connectivity index (χ0n) is 11.1. The maximum atomic E-state index is 11.6. The van der Waals surface area contributed by atoms with Crippen LogP contribution in [0.3, 0.4) is 0 Å². The maximum absolute atomic E-state index is 11.6. The molecule has 1 rings (SSSR count). The molecule has 18 heavy (non-hydrogen) atoms. The van der Waals surface area contributed by atoms with Crippen LogP contribution in [0.15, 0.2) is 30.3 Å². The molecular weight excluding hydrogens is 230 g/mol. The summed E-state index contributed by atoms with van der Waals surface area (Å²) in [5.74, 6) is -0.886. The fourth-order valence-electron chi connectivity index (χ4n) is 1.92. The Morgan fingerprint density at radius 2 is 2.00 bits per heavy atom. The fourth-order valence-corrected chi connectivity index (χ4v) is 1.92. The molecule has 0 spiro atoms. The van der Waals surface area contributed by atoms with Gasteiger partial charge in [-0.05, 0) is 26.5 Å². The highest BCUT2D eigenvalue weighted by molar-refractivity contribution is 5.80. The first-order valence-electron chi connectivity index (χ1n) is 6.12. The second-order valence-corrected chi connectivity index (χ2v) is 4.50. The van der Waals surface area contributed by atoms with E-state index in [0.29, 0.717) is 13.0 Å². The van der Waals surface area contributed by atoms with E-state index >= 15 is 0 Å². The van der Waals surface area contributed by atoms with Crippen LogP contribution in [0.1, 0.15) is 25.8 Å². The summed E-state index contributed by atoms with van der Waals surface area (Å²) >= 11 is 0. The fraction of sp³-hybridized carbons (Fsp3) is 0.500. The van der Waals surface area contributed by atoms with Crippen molar-refractivity contribution in [1.82, 2.24) is 5.32 Å². The number of carbonyl (C=O) groups is 1. The number of carboxylic acid groups (broad SMARTS) is 1. The lowest BCUT2D eigenvalue weighted by Crippen LogP contribution is -2.48. The smallest absolute Gasteiger partial charge is 0.328 e. The Morgan fingerprint density at radius 3 is 2.44 bits per heavy atom. The summed E-state index contributed by atoms with van der Waals surface area (Å²) < 4.78 is 5.47. The van der Waals surface area contributed by atoms with E-state index in [2.05, 4.69) is 5.32 Å². The molecule has 1 atom stereocenters. The third-order valence-corrected chi connectivity index (χ3v) is 2.99. The van der Waals surface area contributed by atoms with Crippen LogP contribution in [0.5, 0.6) is 0 Å². The molecule has 1 aromatic rings. The molecule has 0 amide bonds. The molecule has 0 saturated heterocycles. The molecule has 0 radical (unpaired) electrons. The minimum absolute atomic E-state index is 0.101. The number of hydrogen-bond donors (Lipinski definition) is 2. The van der Waals surface area contributed by atoms with Gasteiger partial charge in [-0.15, -0.1) is 0 Å². The first-order chi connectivity index (χ1) is 8.53. The van der Waals surface area contributed by atoms with Crippen LogP contribution in [0.2, 0.25) is 0 Å². The minimum Gasteiger partial charge on any atom is -0.480 e. The van der Waals surface area contributed by atoms with Gasteiger partial charge in [-0.1, -0.05) is 30.3 Å². The van der Waals surface area contributed by atoms with Gasteiger partial charge in [-0.25, -0.2) is 4.79 Å². The van der Waals surface area contributed by atoms with Crippen molar-refractivity contribution in [2.45, 2.75) is 31.9 Å². The van der Waals surface area contributed by atoms with Crippen LogP contribution in [-0.4, -0.2) is 30.8 Å². The number of hydrogen-bond acceptors (Lipinski definition) is 3. The number of benzene rings is 1. The maximum Gasteiger partial charge on any atom is 0.328 e. The second kappa shape index (κ2) is 6.52. The van der Waals surface area contributed by atoms with Crippen molar-refractivity contribution in [2.24, 2.45) is 0 Å². The van der Waals surface area contributed by atoms with Gasteiger partial charge in [0.25, 0.3) is 0 Å². The minimum atomic E-state index is -1.09. The molecule has 0 aromatic heterocycles. The Hall–Kier alpha value is -1.39. The van der Waals surface area contributed by atoms with E-state index in [1.54, 1.807) is 7.05 Å². The van der Waals surface area contributed by atoms with Crippen LogP contribution in [0.4, 0.5) is 0 Å². The lowest BCUT2D eigenvalue weighted by Gasteiger charge is -2.29. The number of likely N-dealkylation sites (N-methyl/N-ethyl adjacent to an activating group) is 1. The van der Waals surface area contributed by atoms with Crippen molar-refractivity contribution in [2.75, 3.05) is 13.7 Å². The normalized spacial score (nSPS) is 14.4. The molecule has 1 unspecified atom stereocenters. The van der Waals surface area contributed by atoms with Crippen LogP contribution < -0.4 is 5.32 Å². The third-order valence-electron chi connectivity index (χ3n) is 2.99. The summed E-state index contributed by atoms with van der Waals surface area (Å²) in [6.07, 6.45) is 0.491. The van der Waals surface area contributed by atoms with Crippen LogP contribution in [-0.2, 0) is 15.1 Å². The van der Waals surface area contributed by atoms with Crippen LogP contribution in [0.25, 0.3) is 0 Å². The van der Waals surface area contributed by atoms with Crippen molar-refractivity contribution in [3.63, 3.8) is 0 Å². The molecule has 0 bridgehead atoms. The summed E-state index contributed by atoms with van der Waals surface area (Å²) in [6, 6.07) is 9.19. The van der Waals surface area contributed by atoms with Gasteiger partial charge in [0.05, 0.1) is 6.10 Å². The number of carboxylic acids is 1. The molecule has 0 aliphatic rings. The van der Waals surface area contributed by atoms with Crippen molar-refractivity contribution >= 4 is 5.97 Å². The molecule has 0 aliphatic carbocycles. The SMILES string of the molecule is CNC(CCOC(C)C)(C(=O)O)c1ccccc1. The van der Waals surface area contributed by atoms with E-state index in [1.165, 1.54) is 0 Å². The highest BCUT2D eigenvalue weighted by atomic mass is 16.5. The Morgan fingerprint density at radius 1 is 1.39 bits per heavy atom. The van der Waals surface area contributed by atoms with E-state index in [1.807, 2.05) is 44.2 Å². The van der Waals surface area contributed by atoms with E-state index in [-0.39, 0.29) is 6.10 Å². The molecule has 0 heterocycles. The van der Waals surface area contributed by atoms with E-state index < -0.39 is 11.5 Å². The Bertz CT molecular complexity index is 378. The van der Waals surface area contributed by atoms with Gasteiger partial charge in [-0.3, -0.25) is 0 Å². The number of rotatable bonds is 7. The molecule has 2 N–H and O–H groups in total. The topological polar surface area (TPSA) is 58.6 Å². The Labute approximate surface area is 108 Å². The zero-order chi connectivity index (χ0) is 13.6. The lowest BCUT2D eigenvalue weighted by atomic mass is 9.87. The van der Waals surface area contributed by atoms with E-state index in [0.717, 1.165) is 5.56 Å². The van der Waals surface area contributed by atoms with Crippen molar-refractivity contribution in [3.8, 4) is 0 Å². The molecule has 4 nitrogen and oxygen atoms in total. The van der Waals surface area contributed by atoms with E-state index in [4.69, 9.17) is 4.74 Å². The second-order valence-electron chi connectivity index (χ2n) is 4.50. The first kappa shape index (κ1) is 14.7. The highest BCUT2D eigenvalue weighted by Crippen LogP contribution is 2.25.